The molecule has 2 aromatic carbocycles. The number of benzene rings is 2. The van der Waals surface area contributed by atoms with Gasteiger partial charge in [0.2, 0.25) is 5.91 Å². The predicted octanol–water partition coefficient (Wildman–Crippen LogP) is 4.98. The fourth-order valence-electron chi connectivity index (χ4n) is 3.22. The van der Waals surface area contributed by atoms with Crippen molar-refractivity contribution in [1.82, 2.24) is 4.57 Å². The molecule has 25 heavy (non-hydrogen) atoms. The van der Waals surface area contributed by atoms with Crippen LogP contribution in [0.2, 0.25) is 0 Å². The second-order valence-electron chi connectivity index (χ2n) is 6.27. The van der Waals surface area contributed by atoms with Gasteiger partial charge in [-0.15, -0.1) is 0 Å². The van der Waals surface area contributed by atoms with Gasteiger partial charge in [-0.3, -0.25) is 4.79 Å². The van der Waals surface area contributed by atoms with E-state index in [1.54, 1.807) is 0 Å². The summed E-state index contributed by atoms with van der Waals surface area (Å²) in [5, 5.41) is 3.09. The second-order valence-corrected chi connectivity index (χ2v) is 6.27. The molecule has 1 aromatic heterocycles. The minimum Gasteiger partial charge on any atom is -0.346 e. The summed E-state index contributed by atoms with van der Waals surface area (Å²) in [7, 11) is 0. The van der Waals surface area contributed by atoms with Crippen LogP contribution in [0.25, 0.3) is 0 Å². The normalized spacial score (nSPS) is 11.9. The standard InChI is InChI=1S/C22H24N2O/c1-3-18-11-5-7-13-20(18)23-22(25)16-21(24-14-8-9-15-24)19-12-6-4-10-17(19)2/h4-15,21H,3,16H2,1-2H3,(H,23,25)/t21-/m1/s1. The van der Waals surface area contributed by atoms with E-state index in [-0.39, 0.29) is 11.9 Å². The number of para-hydroxylation sites is 1. The molecule has 0 aliphatic heterocycles. The highest BCUT2D eigenvalue weighted by Gasteiger charge is 2.19. The van der Waals surface area contributed by atoms with Crippen molar-refractivity contribution in [2.24, 2.45) is 0 Å². The van der Waals surface area contributed by atoms with Crippen LogP contribution < -0.4 is 5.32 Å². The van der Waals surface area contributed by atoms with E-state index in [0.717, 1.165) is 17.7 Å². The summed E-state index contributed by atoms with van der Waals surface area (Å²) < 4.78 is 2.10. The summed E-state index contributed by atoms with van der Waals surface area (Å²) in [4.78, 5) is 12.7. The molecule has 0 aliphatic carbocycles. The number of carbonyl (C=O) groups excluding carboxylic acids is 1. The fraction of sp³-hybridized carbons (Fsp3) is 0.227. The van der Waals surface area contributed by atoms with Gasteiger partial charge < -0.3 is 9.88 Å². The summed E-state index contributed by atoms with van der Waals surface area (Å²) in [6, 6.07) is 20.2. The Balaban J connectivity index is 1.84. The molecule has 0 bridgehead atoms. The quantitative estimate of drug-likeness (QED) is 0.679. The number of rotatable bonds is 6. The molecule has 0 radical (unpaired) electrons. The maximum atomic E-state index is 12.7. The highest BCUT2D eigenvalue weighted by atomic mass is 16.1. The van der Waals surface area contributed by atoms with E-state index in [2.05, 4.69) is 41.9 Å². The van der Waals surface area contributed by atoms with Gasteiger partial charge in [-0.2, -0.15) is 0 Å². The molecule has 0 saturated carbocycles. The van der Waals surface area contributed by atoms with Crippen molar-refractivity contribution in [3.05, 3.63) is 89.7 Å². The molecule has 0 aliphatic rings. The lowest BCUT2D eigenvalue weighted by molar-refractivity contribution is -0.116. The molecule has 1 N–H and O–H groups in total. The molecule has 128 valence electrons. The van der Waals surface area contributed by atoms with E-state index >= 15 is 0 Å². The lowest BCUT2D eigenvalue weighted by atomic mass is 9.98. The molecule has 0 fully saturated rings. The molecule has 3 nitrogen and oxygen atoms in total. The highest BCUT2D eigenvalue weighted by Crippen LogP contribution is 2.26. The highest BCUT2D eigenvalue weighted by molar-refractivity contribution is 5.92. The van der Waals surface area contributed by atoms with Crippen molar-refractivity contribution < 1.29 is 4.79 Å². The monoisotopic (exact) mass is 332 g/mol. The average molecular weight is 332 g/mol. The Morgan fingerprint density at radius 1 is 1.00 bits per heavy atom. The van der Waals surface area contributed by atoms with Crippen molar-refractivity contribution in [1.29, 1.82) is 0 Å². The van der Waals surface area contributed by atoms with Crippen LogP contribution in [0.15, 0.2) is 73.1 Å². The van der Waals surface area contributed by atoms with Crippen LogP contribution in [0.1, 0.15) is 36.1 Å². The van der Waals surface area contributed by atoms with Gasteiger partial charge in [-0.1, -0.05) is 49.4 Å². The first-order valence-corrected chi connectivity index (χ1v) is 8.74. The van der Waals surface area contributed by atoms with Crippen LogP contribution >= 0.6 is 0 Å². The zero-order valence-electron chi connectivity index (χ0n) is 14.8. The molecule has 0 spiro atoms. The van der Waals surface area contributed by atoms with E-state index in [9.17, 15) is 4.79 Å². The number of carbonyl (C=O) groups is 1. The predicted molar refractivity (Wildman–Crippen MR) is 103 cm³/mol. The fourth-order valence-corrected chi connectivity index (χ4v) is 3.22. The SMILES string of the molecule is CCc1ccccc1NC(=O)C[C@H](c1ccccc1C)n1cccc1. The Morgan fingerprint density at radius 3 is 2.40 bits per heavy atom. The largest absolute Gasteiger partial charge is 0.346 e. The number of nitrogens with zero attached hydrogens (tertiary/aromatic N) is 1. The lowest BCUT2D eigenvalue weighted by Gasteiger charge is -2.21. The van der Waals surface area contributed by atoms with Gasteiger partial charge in [0.25, 0.3) is 0 Å². The van der Waals surface area contributed by atoms with E-state index in [0.29, 0.717) is 6.42 Å². The van der Waals surface area contributed by atoms with Crippen LogP contribution in [-0.2, 0) is 11.2 Å². The van der Waals surface area contributed by atoms with Gasteiger partial charge in [-0.25, -0.2) is 0 Å². The summed E-state index contributed by atoms with van der Waals surface area (Å²) >= 11 is 0. The van der Waals surface area contributed by atoms with Crippen molar-refractivity contribution in [2.45, 2.75) is 32.7 Å². The zero-order chi connectivity index (χ0) is 17.6. The molecule has 1 atom stereocenters. The number of amides is 1. The first kappa shape index (κ1) is 17.0. The Labute approximate surface area is 149 Å². The topological polar surface area (TPSA) is 34.0 Å². The first-order valence-electron chi connectivity index (χ1n) is 8.74. The number of hydrogen-bond donors (Lipinski definition) is 1. The number of aryl methyl sites for hydroxylation is 2. The summed E-state index contributed by atoms with van der Waals surface area (Å²) in [6.45, 7) is 4.19. The minimum absolute atomic E-state index is 0.00927. The van der Waals surface area contributed by atoms with Gasteiger partial charge in [0, 0.05) is 18.1 Å². The van der Waals surface area contributed by atoms with Gasteiger partial charge in [-0.05, 0) is 48.2 Å². The van der Waals surface area contributed by atoms with E-state index < -0.39 is 0 Å². The Kier molecular flexibility index (Phi) is 5.34. The third kappa shape index (κ3) is 4.00. The van der Waals surface area contributed by atoms with Crippen LogP contribution in [-0.4, -0.2) is 10.5 Å². The summed E-state index contributed by atoms with van der Waals surface area (Å²) in [5.41, 5.74) is 4.44. The smallest absolute Gasteiger partial charge is 0.226 e. The van der Waals surface area contributed by atoms with E-state index in [4.69, 9.17) is 0 Å². The van der Waals surface area contributed by atoms with Crippen molar-refractivity contribution in [3.63, 3.8) is 0 Å². The average Bonchev–Trinajstić information content (AvgIpc) is 3.15. The van der Waals surface area contributed by atoms with Gasteiger partial charge in [0.15, 0.2) is 0 Å². The Hall–Kier alpha value is -2.81. The minimum atomic E-state index is -0.00927. The maximum absolute atomic E-state index is 12.7. The van der Waals surface area contributed by atoms with Crippen LogP contribution in [0.4, 0.5) is 5.69 Å². The van der Waals surface area contributed by atoms with Gasteiger partial charge in [0.1, 0.15) is 0 Å². The lowest BCUT2D eigenvalue weighted by Crippen LogP contribution is -2.20. The second kappa shape index (κ2) is 7.84. The first-order chi connectivity index (χ1) is 12.2. The van der Waals surface area contributed by atoms with Crippen LogP contribution in [0.5, 0.6) is 0 Å². The van der Waals surface area contributed by atoms with Crippen molar-refractivity contribution in [2.75, 3.05) is 5.32 Å². The molecule has 3 rings (SSSR count). The number of aromatic nitrogens is 1. The Bertz CT molecular complexity index is 837. The molecule has 3 heteroatoms. The van der Waals surface area contributed by atoms with Crippen LogP contribution in [0.3, 0.4) is 0 Å². The Morgan fingerprint density at radius 2 is 1.68 bits per heavy atom. The molecule has 0 unspecified atom stereocenters. The number of hydrogen-bond acceptors (Lipinski definition) is 1. The molecule has 1 heterocycles. The molecule has 1 amide bonds. The van der Waals surface area contributed by atoms with Gasteiger partial charge >= 0.3 is 0 Å². The third-order valence-corrected chi connectivity index (χ3v) is 4.59. The molecule has 3 aromatic rings. The third-order valence-electron chi connectivity index (χ3n) is 4.59. The molecule has 0 saturated heterocycles. The number of anilines is 1. The van der Waals surface area contributed by atoms with Crippen molar-refractivity contribution >= 4 is 11.6 Å². The molecular weight excluding hydrogens is 308 g/mol. The maximum Gasteiger partial charge on any atom is 0.226 e. The summed E-state index contributed by atoms with van der Waals surface area (Å²) in [6.07, 6.45) is 5.33. The zero-order valence-corrected chi connectivity index (χ0v) is 14.8. The van der Waals surface area contributed by atoms with E-state index in [1.807, 2.05) is 54.9 Å². The van der Waals surface area contributed by atoms with Gasteiger partial charge in [0.05, 0.1) is 12.5 Å². The summed E-state index contributed by atoms with van der Waals surface area (Å²) in [5.74, 6) is 0.0304. The van der Waals surface area contributed by atoms with E-state index in [1.165, 1.54) is 11.1 Å². The number of nitrogens with one attached hydrogen (secondary N) is 1. The van der Waals surface area contributed by atoms with Crippen LogP contribution in [0, 0.1) is 6.92 Å². The molecular formula is C22H24N2O. The van der Waals surface area contributed by atoms with Crippen molar-refractivity contribution in [3.8, 4) is 0 Å².